The van der Waals surface area contributed by atoms with Crippen LogP contribution in [0.4, 0.5) is 10.3 Å². The number of hydrogen-bond acceptors (Lipinski definition) is 5. The van der Waals surface area contributed by atoms with Crippen molar-refractivity contribution in [3.63, 3.8) is 0 Å². The Kier molecular flexibility index (Phi) is 3.75. The Labute approximate surface area is 155 Å². The fourth-order valence-corrected chi connectivity index (χ4v) is 3.77. The number of nitrogen functional groups attached to an aromatic ring is 1. The second-order valence-electron chi connectivity index (χ2n) is 6.91. The number of benzene rings is 2. The lowest BCUT2D eigenvalue weighted by molar-refractivity contribution is 0.256. The normalized spacial score (nSPS) is 14.7. The fraction of sp³-hybridized carbons (Fsp3) is 0.250. The first-order valence-corrected chi connectivity index (χ1v) is 9.07. The molecule has 0 amide bonds. The topological polar surface area (TPSA) is 72.3 Å². The molecular formula is C20H19FN6. The molecule has 4 aromatic rings. The number of nitrogens with zero attached hydrogens (tertiary/aromatic N) is 5. The molecular weight excluding hydrogens is 343 g/mol. The molecule has 5 rings (SSSR count). The van der Waals surface area contributed by atoms with Gasteiger partial charge in [-0.1, -0.05) is 30.3 Å². The molecule has 1 aliphatic rings. The second kappa shape index (κ2) is 6.28. The highest BCUT2D eigenvalue weighted by Gasteiger charge is 2.17. The average molecular weight is 362 g/mol. The number of para-hydroxylation sites is 1. The van der Waals surface area contributed by atoms with Gasteiger partial charge in [0.15, 0.2) is 11.5 Å². The molecule has 0 atom stereocenters. The van der Waals surface area contributed by atoms with E-state index in [2.05, 4.69) is 44.2 Å². The first-order valence-electron chi connectivity index (χ1n) is 9.07. The molecule has 7 heteroatoms. The molecule has 0 aliphatic carbocycles. The van der Waals surface area contributed by atoms with Gasteiger partial charge in [0.2, 0.25) is 5.95 Å². The number of nitrogens with two attached hydrogens (primary N) is 1. The minimum atomic E-state index is -0.404. The van der Waals surface area contributed by atoms with Gasteiger partial charge in [-0.15, -0.1) is 5.10 Å². The molecule has 0 spiro atoms. The highest BCUT2D eigenvalue weighted by Crippen LogP contribution is 2.22. The van der Waals surface area contributed by atoms with Crippen molar-refractivity contribution in [3.05, 3.63) is 65.2 Å². The van der Waals surface area contributed by atoms with Crippen molar-refractivity contribution in [3.8, 4) is 0 Å². The van der Waals surface area contributed by atoms with Crippen molar-refractivity contribution in [2.24, 2.45) is 0 Å². The van der Waals surface area contributed by atoms with Crippen LogP contribution >= 0.6 is 0 Å². The predicted molar refractivity (Wildman–Crippen MR) is 102 cm³/mol. The molecule has 0 bridgehead atoms. The zero-order valence-corrected chi connectivity index (χ0v) is 14.8. The third-order valence-corrected chi connectivity index (χ3v) is 5.18. The maximum absolute atomic E-state index is 14.0. The molecule has 2 aromatic carbocycles. The van der Waals surface area contributed by atoms with E-state index in [0.29, 0.717) is 23.3 Å². The molecule has 27 heavy (non-hydrogen) atoms. The van der Waals surface area contributed by atoms with Crippen LogP contribution in [0.15, 0.2) is 42.5 Å². The van der Waals surface area contributed by atoms with Crippen molar-refractivity contribution < 1.29 is 4.39 Å². The van der Waals surface area contributed by atoms with E-state index in [4.69, 9.17) is 5.73 Å². The SMILES string of the molecule is Nc1nc2c(F)cccc2c2nc(CCN3CCc4ccccc4C3)nn12. The third-order valence-electron chi connectivity index (χ3n) is 5.18. The smallest absolute Gasteiger partial charge is 0.223 e. The monoisotopic (exact) mass is 362 g/mol. The molecule has 3 heterocycles. The van der Waals surface area contributed by atoms with Crippen LogP contribution < -0.4 is 5.73 Å². The highest BCUT2D eigenvalue weighted by molar-refractivity contribution is 5.92. The average Bonchev–Trinajstić information content (AvgIpc) is 3.13. The van der Waals surface area contributed by atoms with Crippen LogP contribution in [-0.2, 0) is 19.4 Å². The van der Waals surface area contributed by atoms with E-state index in [1.165, 1.54) is 21.7 Å². The zero-order chi connectivity index (χ0) is 18.4. The van der Waals surface area contributed by atoms with Crippen LogP contribution in [0.5, 0.6) is 0 Å². The first-order chi connectivity index (χ1) is 13.2. The lowest BCUT2D eigenvalue weighted by Gasteiger charge is -2.28. The quantitative estimate of drug-likeness (QED) is 0.606. The standard InChI is InChI=1S/C20H19FN6/c21-16-7-3-6-15-18(16)24-20(22)27-19(15)23-17(25-27)9-11-26-10-8-13-4-1-2-5-14(13)12-26/h1-7H,8-12H2,(H2,22,24). The van der Waals surface area contributed by atoms with Crippen molar-refractivity contribution in [1.29, 1.82) is 0 Å². The van der Waals surface area contributed by atoms with Gasteiger partial charge in [-0.3, -0.25) is 4.90 Å². The zero-order valence-electron chi connectivity index (χ0n) is 14.8. The summed E-state index contributed by atoms with van der Waals surface area (Å²) in [5.74, 6) is 0.436. The van der Waals surface area contributed by atoms with Crippen LogP contribution in [0.2, 0.25) is 0 Å². The van der Waals surface area contributed by atoms with Gasteiger partial charge in [-0.05, 0) is 29.7 Å². The number of rotatable bonds is 3. The summed E-state index contributed by atoms with van der Waals surface area (Å²) in [6.07, 6.45) is 1.77. The lowest BCUT2D eigenvalue weighted by Crippen LogP contribution is -2.32. The van der Waals surface area contributed by atoms with Gasteiger partial charge in [-0.2, -0.15) is 4.52 Å². The molecule has 6 nitrogen and oxygen atoms in total. The number of aromatic nitrogens is 4. The van der Waals surface area contributed by atoms with Gasteiger partial charge in [0.25, 0.3) is 0 Å². The van der Waals surface area contributed by atoms with Gasteiger partial charge in [0, 0.05) is 31.4 Å². The van der Waals surface area contributed by atoms with Gasteiger partial charge in [0.05, 0.1) is 0 Å². The van der Waals surface area contributed by atoms with Gasteiger partial charge in [-0.25, -0.2) is 14.4 Å². The minimum absolute atomic E-state index is 0.147. The number of halogens is 1. The summed E-state index contributed by atoms with van der Waals surface area (Å²) in [6.45, 7) is 2.84. The molecule has 0 saturated carbocycles. The number of fused-ring (bicyclic) bond motifs is 4. The van der Waals surface area contributed by atoms with E-state index in [1.54, 1.807) is 12.1 Å². The van der Waals surface area contributed by atoms with Gasteiger partial charge >= 0.3 is 0 Å². The van der Waals surface area contributed by atoms with Crippen LogP contribution in [0.25, 0.3) is 16.6 Å². The van der Waals surface area contributed by atoms with Gasteiger partial charge < -0.3 is 5.73 Å². The van der Waals surface area contributed by atoms with E-state index < -0.39 is 5.82 Å². The fourth-order valence-electron chi connectivity index (χ4n) is 3.77. The Hall–Kier alpha value is -3.06. The van der Waals surface area contributed by atoms with Crippen molar-refractivity contribution in [1.82, 2.24) is 24.5 Å². The Balaban J connectivity index is 1.41. The first kappa shape index (κ1) is 16.1. The van der Waals surface area contributed by atoms with Gasteiger partial charge in [0.1, 0.15) is 11.3 Å². The summed E-state index contributed by atoms with van der Waals surface area (Å²) in [5, 5.41) is 5.11. The largest absolute Gasteiger partial charge is 0.368 e. The number of hydrogen-bond donors (Lipinski definition) is 1. The summed E-state index contributed by atoms with van der Waals surface area (Å²) in [4.78, 5) is 11.2. The van der Waals surface area contributed by atoms with Crippen molar-refractivity contribution in [2.45, 2.75) is 19.4 Å². The Morgan fingerprint density at radius 1 is 1.04 bits per heavy atom. The van der Waals surface area contributed by atoms with Crippen LogP contribution in [0, 0.1) is 5.82 Å². The van der Waals surface area contributed by atoms with E-state index in [0.717, 1.165) is 26.1 Å². The van der Waals surface area contributed by atoms with E-state index in [1.807, 2.05) is 0 Å². The summed E-state index contributed by atoms with van der Waals surface area (Å²) in [5.41, 5.74) is 9.58. The Bertz CT molecular complexity index is 1150. The lowest BCUT2D eigenvalue weighted by atomic mass is 10.00. The van der Waals surface area contributed by atoms with Crippen molar-refractivity contribution >= 4 is 22.5 Å². The molecule has 0 radical (unpaired) electrons. The molecule has 0 saturated heterocycles. The van der Waals surface area contributed by atoms with Crippen LogP contribution in [0.3, 0.4) is 0 Å². The maximum Gasteiger partial charge on any atom is 0.223 e. The summed E-state index contributed by atoms with van der Waals surface area (Å²) >= 11 is 0. The Morgan fingerprint density at radius 2 is 1.89 bits per heavy atom. The van der Waals surface area contributed by atoms with Crippen LogP contribution in [-0.4, -0.2) is 37.6 Å². The number of anilines is 1. The Morgan fingerprint density at radius 3 is 2.78 bits per heavy atom. The molecule has 1 aliphatic heterocycles. The van der Waals surface area contributed by atoms with E-state index >= 15 is 0 Å². The highest BCUT2D eigenvalue weighted by atomic mass is 19.1. The summed E-state index contributed by atoms with van der Waals surface area (Å²) in [7, 11) is 0. The molecule has 2 N–H and O–H groups in total. The third kappa shape index (κ3) is 2.80. The van der Waals surface area contributed by atoms with E-state index in [9.17, 15) is 4.39 Å². The molecule has 136 valence electrons. The summed E-state index contributed by atoms with van der Waals surface area (Å²) < 4.78 is 15.5. The maximum atomic E-state index is 14.0. The predicted octanol–water partition coefficient (Wildman–Crippen LogP) is 2.60. The molecule has 0 unspecified atom stereocenters. The molecule has 2 aromatic heterocycles. The molecule has 0 fully saturated rings. The van der Waals surface area contributed by atoms with Crippen molar-refractivity contribution in [2.75, 3.05) is 18.8 Å². The van der Waals surface area contributed by atoms with Crippen LogP contribution in [0.1, 0.15) is 17.0 Å². The minimum Gasteiger partial charge on any atom is -0.368 e. The van der Waals surface area contributed by atoms with E-state index in [-0.39, 0.29) is 11.5 Å². The summed E-state index contributed by atoms with van der Waals surface area (Å²) in [6, 6.07) is 13.4. The second-order valence-corrected chi connectivity index (χ2v) is 6.91.